The largest absolute Gasteiger partial charge is 0.140 e. The van der Waals surface area contributed by atoms with Gasteiger partial charge in [-0.2, -0.15) is 0 Å². The van der Waals surface area contributed by atoms with E-state index < -0.39 is 0 Å². The zero-order chi connectivity index (χ0) is 10.4. The summed E-state index contributed by atoms with van der Waals surface area (Å²) in [5, 5.41) is 1.38. The Morgan fingerprint density at radius 3 is 2.57 bits per heavy atom. The van der Waals surface area contributed by atoms with Crippen molar-refractivity contribution >= 4 is 21.4 Å². The number of aryl methyl sites for hydroxylation is 1. The van der Waals surface area contributed by atoms with Crippen molar-refractivity contribution in [3.8, 4) is 0 Å². The number of allylic oxidation sites excluding steroid dienone is 1. The van der Waals surface area contributed by atoms with Crippen LogP contribution in [0.1, 0.15) is 18.7 Å². The molecule has 0 fully saturated rings. The molecule has 0 spiro atoms. The zero-order valence-electron chi connectivity index (χ0n) is 8.79. The molecule has 0 aliphatic rings. The number of benzene rings is 1. The van der Waals surface area contributed by atoms with Gasteiger partial charge >= 0.3 is 0 Å². The molecule has 1 aromatic heterocycles. The predicted molar refractivity (Wildman–Crippen MR) is 67.1 cm³/mol. The van der Waals surface area contributed by atoms with Gasteiger partial charge in [0, 0.05) is 9.58 Å². The van der Waals surface area contributed by atoms with Crippen molar-refractivity contribution in [2.24, 2.45) is 0 Å². The van der Waals surface area contributed by atoms with Crippen LogP contribution in [0, 0.1) is 0 Å². The molecule has 0 N–H and O–H groups in total. The summed E-state index contributed by atoms with van der Waals surface area (Å²) < 4.78 is 1.41. The molecule has 2 rings (SSSR count). The Morgan fingerprint density at radius 1 is 1.36 bits per heavy atom. The van der Waals surface area contributed by atoms with Crippen LogP contribution in [0.15, 0.2) is 43.0 Å². The van der Waals surface area contributed by atoms with Crippen LogP contribution in [0.25, 0.3) is 10.1 Å². The summed E-state index contributed by atoms with van der Waals surface area (Å²) in [6.07, 6.45) is 2.90. The molecule has 0 amide bonds. The number of thiophene rings is 1. The van der Waals surface area contributed by atoms with Crippen LogP contribution in [0.2, 0.25) is 0 Å². The Morgan fingerprint density at radius 2 is 2.00 bits per heavy atom. The van der Waals surface area contributed by atoms with Gasteiger partial charge in [0.2, 0.25) is 0 Å². The van der Waals surface area contributed by atoms with Gasteiger partial charge in [0.1, 0.15) is 0 Å². The Bertz CT molecular complexity index is 365. The fourth-order valence-corrected chi connectivity index (χ4v) is 2.22. The Hall–Kier alpha value is -1.08. The Labute approximate surface area is 89.9 Å². The third kappa shape index (κ3) is 2.71. The lowest BCUT2D eigenvalue weighted by molar-refractivity contribution is 1.19. The highest BCUT2D eigenvalue weighted by molar-refractivity contribution is 7.19. The fourth-order valence-electron chi connectivity index (χ4n) is 1.21. The maximum Gasteiger partial charge on any atom is 0.0345 e. The first kappa shape index (κ1) is 11.0. The van der Waals surface area contributed by atoms with Gasteiger partial charge in [0.25, 0.3) is 0 Å². The Kier molecular flexibility index (Phi) is 4.41. The zero-order valence-corrected chi connectivity index (χ0v) is 9.60. The molecular formula is C13H16S. The van der Waals surface area contributed by atoms with E-state index >= 15 is 0 Å². The van der Waals surface area contributed by atoms with Gasteiger partial charge in [-0.15, -0.1) is 17.9 Å². The van der Waals surface area contributed by atoms with Gasteiger partial charge in [0.15, 0.2) is 0 Å². The monoisotopic (exact) mass is 204 g/mol. The average molecular weight is 204 g/mol. The van der Waals surface area contributed by atoms with E-state index in [-0.39, 0.29) is 0 Å². The number of hydrogen-bond acceptors (Lipinski definition) is 1. The van der Waals surface area contributed by atoms with Gasteiger partial charge in [-0.3, -0.25) is 0 Å². The molecule has 14 heavy (non-hydrogen) atoms. The number of rotatable bonds is 1. The van der Waals surface area contributed by atoms with Crippen molar-refractivity contribution in [3.63, 3.8) is 0 Å². The van der Waals surface area contributed by atoms with Crippen molar-refractivity contribution in [2.75, 3.05) is 0 Å². The first-order valence-electron chi connectivity index (χ1n) is 4.86. The second-order valence-corrected chi connectivity index (χ2v) is 4.18. The summed E-state index contributed by atoms with van der Waals surface area (Å²) in [6.45, 7) is 7.45. The quantitative estimate of drug-likeness (QED) is 0.593. The fraction of sp³-hybridized carbons (Fsp3) is 0.231. The van der Waals surface area contributed by atoms with Crippen LogP contribution in [0.4, 0.5) is 0 Å². The Balaban J connectivity index is 0.000000293. The summed E-state index contributed by atoms with van der Waals surface area (Å²) in [6, 6.07) is 10.8. The van der Waals surface area contributed by atoms with E-state index in [1.807, 2.05) is 18.3 Å². The lowest BCUT2D eigenvalue weighted by atomic mass is 10.2. The molecule has 2 aromatic rings. The molecule has 0 bridgehead atoms. The van der Waals surface area contributed by atoms with Gasteiger partial charge in [0.05, 0.1) is 0 Å². The van der Waals surface area contributed by atoms with E-state index in [1.165, 1.54) is 15.0 Å². The minimum Gasteiger partial charge on any atom is -0.140 e. The smallest absolute Gasteiger partial charge is 0.0345 e. The molecule has 0 nitrogen and oxygen atoms in total. The molecular weight excluding hydrogens is 188 g/mol. The standard InChI is InChI=1S/C10H10S.C3H6/c1-2-9-7-8-5-3-4-6-10(8)11-9;1-3-2/h3-7H,2H2,1H3;3H,1H2,2H3. The minimum atomic E-state index is 1.15. The van der Waals surface area contributed by atoms with Crippen molar-refractivity contribution in [1.82, 2.24) is 0 Å². The van der Waals surface area contributed by atoms with Crippen LogP contribution in [0.5, 0.6) is 0 Å². The van der Waals surface area contributed by atoms with Gasteiger partial charge in [-0.1, -0.05) is 31.2 Å². The molecule has 0 aliphatic heterocycles. The minimum absolute atomic E-state index is 1.15. The highest BCUT2D eigenvalue weighted by atomic mass is 32.1. The van der Waals surface area contributed by atoms with Gasteiger partial charge < -0.3 is 0 Å². The molecule has 0 aliphatic carbocycles. The predicted octanol–water partition coefficient (Wildman–Crippen LogP) is 4.66. The SMILES string of the molecule is C=CC.CCc1cc2ccccc2s1. The van der Waals surface area contributed by atoms with Crippen LogP contribution in [-0.2, 0) is 6.42 Å². The third-order valence-corrected chi connectivity index (χ3v) is 3.09. The van der Waals surface area contributed by atoms with Crippen molar-refractivity contribution in [1.29, 1.82) is 0 Å². The third-order valence-electron chi connectivity index (χ3n) is 1.83. The summed E-state index contributed by atoms with van der Waals surface area (Å²) in [5.74, 6) is 0. The molecule has 0 atom stereocenters. The molecule has 1 heteroatoms. The van der Waals surface area contributed by atoms with E-state index in [4.69, 9.17) is 0 Å². The summed E-state index contributed by atoms with van der Waals surface area (Å²) in [5.41, 5.74) is 0. The number of hydrogen-bond donors (Lipinski definition) is 0. The lowest BCUT2D eigenvalue weighted by Gasteiger charge is -1.82. The normalized spacial score (nSPS) is 9.29. The summed E-state index contributed by atoms with van der Waals surface area (Å²) in [7, 11) is 0. The first-order chi connectivity index (χ1) is 6.81. The maximum absolute atomic E-state index is 3.36. The average Bonchev–Trinajstić information content (AvgIpc) is 2.61. The van der Waals surface area contributed by atoms with E-state index in [9.17, 15) is 0 Å². The van der Waals surface area contributed by atoms with E-state index in [0.717, 1.165) is 6.42 Å². The van der Waals surface area contributed by atoms with Gasteiger partial charge in [-0.05, 0) is 30.9 Å². The summed E-state index contributed by atoms with van der Waals surface area (Å²) in [4.78, 5) is 1.48. The maximum atomic E-state index is 3.36. The van der Waals surface area contributed by atoms with E-state index in [2.05, 4.69) is 43.8 Å². The van der Waals surface area contributed by atoms with Crippen molar-refractivity contribution in [2.45, 2.75) is 20.3 Å². The first-order valence-corrected chi connectivity index (χ1v) is 5.68. The van der Waals surface area contributed by atoms with E-state index in [0.29, 0.717) is 0 Å². The van der Waals surface area contributed by atoms with Crippen LogP contribution in [-0.4, -0.2) is 0 Å². The van der Waals surface area contributed by atoms with E-state index in [1.54, 1.807) is 6.08 Å². The highest BCUT2D eigenvalue weighted by Crippen LogP contribution is 2.25. The van der Waals surface area contributed by atoms with Gasteiger partial charge in [-0.25, -0.2) is 0 Å². The van der Waals surface area contributed by atoms with Crippen molar-refractivity contribution < 1.29 is 0 Å². The summed E-state index contributed by atoms with van der Waals surface area (Å²) >= 11 is 1.90. The van der Waals surface area contributed by atoms with Crippen molar-refractivity contribution in [3.05, 3.63) is 47.9 Å². The molecule has 74 valence electrons. The number of fused-ring (bicyclic) bond motifs is 1. The molecule has 1 heterocycles. The molecule has 0 saturated heterocycles. The van der Waals surface area contributed by atoms with Crippen LogP contribution >= 0.6 is 11.3 Å². The highest BCUT2D eigenvalue weighted by Gasteiger charge is 1.96. The molecule has 1 aromatic carbocycles. The second kappa shape index (κ2) is 5.61. The van der Waals surface area contributed by atoms with Crippen LogP contribution < -0.4 is 0 Å². The second-order valence-electron chi connectivity index (χ2n) is 3.01. The molecule has 0 radical (unpaired) electrons. The molecule has 0 unspecified atom stereocenters. The topological polar surface area (TPSA) is 0 Å². The van der Waals surface area contributed by atoms with Crippen LogP contribution in [0.3, 0.4) is 0 Å². The molecule has 0 saturated carbocycles. The lowest BCUT2D eigenvalue weighted by Crippen LogP contribution is -1.64.